The van der Waals surface area contributed by atoms with Crippen molar-refractivity contribution in [2.24, 2.45) is 10.8 Å². The first kappa shape index (κ1) is 15.9. The molecule has 4 heteroatoms. The zero-order chi connectivity index (χ0) is 16.7. The van der Waals surface area contributed by atoms with E-state index < -0.39 is 22.9 Å². The maximum Gasteiger partial charge on any atom is 0.319 e. The molecule has 0 unspecified atom stereocenters. The normalized spacial score (nSPS) is 25.9. The SMILES string of the molecule is CC1(C)C(=O)O[C@@H](C(=O)c2ccccc2)C2(CCCCC2)C1=O. The van der Waals surface area contributed by atoms with E-state index in [9.17, 15) is 14.4 Å². The Morgan fingerprint density at radius 3 is 2.26 bits per heavy atom. The van der Waals surface area contributed by atoms with Gasteiger partial charge in [0.05, 0.1) is 5.41 Å². The van der Waals surface area contributed by atoms with Crippen molar-refractivity contribution < 1.29 is 19.1 Å². The van der Waals surface area contributed by atoms with Crippen LogP contribution < -0.4 is 0 Å². The molecule has 1 aliphatic heterocycles. The van der Waals surface area contributed by atoms with Crippen molar-refractivity contribution in [2.75, 3.05) is 0 Å². The molecule has 23 heavy (non-hydrogen) atoms. The lowest BCUT2D eigenvalue weighted by atomic mass is 9.59. The number of rotatable bonds is 2. The standard InChI is InChI=1S/C19H22O4/c1-18(2)16(21)19(11-7-4-8-12-19)15(23-17(18)22)14(20)13-9-5-3-6-10-13/h3,5-6,9-10,15H,4,7-8,11-12H2,1-2H3/t15-/m0/s1. The first-order chi connectivity index (χ1) is 10.9. The van der Waals surface area contributed by atoms with Crippen LogP contribution in [0.3, 0.4) is 0 Å². The van der Waals surface area contributed by atoms with Crippen LogP contribution in [-0.2, 0) is 14.3 Å². The minimum atomic E-state index is -1.18. The summed E-state index contributed by atoms with van der Waals surface area (Å²) in [5, 5.41) is 0. The Bertz CT molecular complexity index is 639. The Morgan fingerprint density at radius 1 is 1.04 bits per heavy atom. The van der Waals surface area contributed by atoms with E-state index in [-0.39, 0.29) is 11.6 Å². The van der Waals surface area contributed by atoms with Gasteiger partial charge in [-0.2, -0.15) is 0 Å². The molecule has 0 aromatic heterocycles. The molecule has 1 aromatic carbocycles. The summed E-state index contributed by atoms with van der Waals surface area (Å²) in [5.74, 6) is -0.979. The van der Waals surface area contributed by atoms with Gasteiger partial charge in [-0.25, -0.2) is 0 Å². The maximum atomic E-state index is 13.1. The Morgan fingerprint density at radius 2 is 1.65 bits per heavy atom. The molecule has 1 atom stereocenters. The van der Waals surface area contributed by atoms with Gasteiger partial charge < -0.3 is 4.74 Å². The van der Waals surface area contributed by atoms with Crippen LogP contribution in [0.15, 0.2) is 30.3 Å². The summed E-state index contributed by atoms with van der Waals surface area (Å²) in [6.45, 7) is 3.22. The molecular formula is C19H22O4. The second kappa shape index (κ2) is 5.59. The molecule has 2 fully saturated rings. The van der Waals surface area contributed by atoms with Crippen molar-refractivity contribution in [3.63, 3.8) is 0 Å². The summed E-state index contributed by atoms with van der Waals surface area (Å²) in [6.07, 6.45) is 3.07. The molecule has 2 aliphatic rings. The molecule has 1 aliphatic carbocycles. The number of carbonyl (C=O) groups is 3. The van der Waals surface area contributed by atoms with Gasteiger partial charge in [0.1, 0.15) is 5.41 Å². The summed E-state index contributed by atoms with van der Waals surface area (Å²) in [6, 6.07) is 8.79. The largest absolute Gasteiger partial charge is 0.452 e. The molecule has 0 radical (unpaired) electrons. The highest BCUT2D eigenvalue weighted by Gasteiger charge is 2.61. The van der Waals surface area contributed by atoms with Crippen LogP contribution in [0.25, 0.3) is 0 Å². The minimum Gasteiger partial charge on any atom is -0.452 e. The predicted molar refractivity (Wildman–Crippen MR) is 85.0 cm³/mol. The number of cyclic esters (lactones) is 1. The van der Waals surface area contributed by atoms with Crippen molar-refractivity contribution in [1.82, 2.24) is 0 Å². The molecule has 0 amide bonds. The zero-order valence-corrected chi connectivity index (χ0v) is 13.6. The first-order valence-corrected chi connectivity index (χ1v) is 8.25. The first-order valence-electron chi connectivity index (χ1n) is 8.25. The summed E-state index contributed by atoms with van der Waals surface area (Å²) in [5.41, 5.74) is -1.55. The molecule has 4 nitrogen and oxygen atoms in total. The Labute approximate surface area is 136 Å². The molecule has 0 bridgehead atoms. The third-order valence-electron chi connectivity index (χ3n) is 5.30. The summed E-state index contributed by atoms with van der Waals surface area (Å²) < 4.78 is 5.57. The minimum absolute atomic E-state index is 0.129. The van der Waals surface area contributed by atoms with Crippen molar-refractivity contribution in [2.45, 2.75) is 52.1 Å². The van der Waals surface area contributed by atoms with Gasteiger partial charge in [-0.3, -0.25) is 14.4 Å². The highest BCUT2D eigenvalue weighted by atomic mass is 16.6. The third kappa shape index (κ3) is 2.41. The second-order valence-corrected chi connectivity index (χ2v) is 7.19. The maximum absolute atomic E-state index is 13.1. The van der Waals surface area contributed by atoms with Crippen molar-refractivity contribution in [3.05, 3.63) is 35.9 Å². The summed E-state index contributed by atoms with van der Waals surface area (Å²) in [4.78, 5) is 38.4. The zero-order valence-electron chi connectivity index (χ0n) is 13.6. The van der Waals surface area contributed by atoms with Crippen LogP contribution >= 0.6 is 0 Å². The number of hydrogen-bond acceptors (Lipinski definition) is 4. The number of Topliss-reactive ketones (excluding diaryl/α,β-unsaturated/α-hetero) is 2. The Balaban J connectivity index is 2.04. The van der Waals surface area contributed by atoms with Gasteiger partial charge in [-0.15, -0.1) is 0 Å². The number of benzene rings is 1. The predicted octanol–water partition coefficient (Wildman–Crippen LogP) is 3.34. The third-order valence-corrected chi connectivity index (χ3v) is 5.30. The van der Waals surface area contributed by atoms with E-state index in [0.717, 1.165) is 19.3 Å². The molecule has 3 rings (SSSR count). The molecule has 1 saturated heterocycles. The summed E-state index contributed by atoms with van der Waals surface area (Å²) in [7, 11) is 0. The molecule has 1 saturated carbocycles. The molecule has 1 spiro atoms. The van der Waals surface area contributed by atoms with Gasteiger partial charge in [-0.1, -0.05) is 49.6 Å². The average molecular weight is 314 g/mol. The molecule has 1 heterocycles. The van der Waals surface area contributed by atoms with Crippen molar-refractivity contribution in [3.8, 4) is 0 Å². The monoisotopic (exact) mass is 314 g/mol. The smallest absolute Gasteiger partial charge is 0.319 e. The van der Waals surface area contributed by atoms with E-state index in [2.05, 4.69) is 0 Å². The average Bonchev–Trinajstić information content (AvgIpc) is 2.58. The van der Waals surface area contributed by atoms with Gasteiger partial charge in [0.25, 0.3) is 0 Å². The number of carbonyl (C=O) groups excluding carboxylic acids is 3. The second-order valence-electron chi connectivity index (χ2n) is 7.19. The van der Waals surface area contributed by atoms with Crippen LogP contribution in [0.2, 0.25) is 0 Å². The van der Waals surface area contributed by atoms with Gasteiger partial charge in [0.2, 0.25) is 5.78 Å². The quantitative estimate of drug-likeness (QED) is 0.477. The topological polar surface area (TPSA) is 60.4 Å². The van der Waals surface area contributed by atoms with E-state index in [1.54, 1.807) is 38.1 Å². The van der Waals surface area contributed by atoms with Gasteiger partial charge in [-0.05, 0) is 26.7 Å². The van der Waals surface area contributed by atoms with E-state index in [1.807, 2.05) is 6.07 Å². The lowest BCUT2D eigenvalue weighted by Crippen LogP contribution is -2.61. The van der Waals surface area contributed by atoms with Crippen LogP contribution in [0.5, 0.6) is 0 Å². The number of esters is 1. The van der Waals surface area contributed by atoms with E-state index in [4.69, 9.17) is 4.74 Å². The van der Waals surface area contributed by atoms with E-state index in [0.29, 0.717) is 18.4 Å². The van der Waals surface area contributed by atoms with Crippen LogP contribution in [0, 0.1) is 10.8 Å². The van der Waals surface area contributed by atoms with Gasteiger partial charge in [0, 0.05) is 5.56 Å². The molecule has 1 aromatic rings. The lowest BCUT2D eigenvalue weighted by molar-refractivity contribution is -0.186. The van der Waals surface area contributed by atoms with E-state index in [1.165, 1.54) is 0 Å². The highest BCUT2D eigenvalue weighted by molar-refractivity contribution is 6.13. The molecular weight excluding hydrogens is 292 g/mol. The van der Waals surface area contributed by atoms with Crippen LogP contribution in [0.1, 0.15) is 56.3 Å². The van der Waals surface area contributed by atoms with Crippen LogP contribution in [-0.4, -0.2) is 23.6 Å². The number of ketones is 2. The highest BCUT2D eigenvalue weighted by Crippen LogP contribution is 2.50. The van der Waals surface area contributed by atoms with Gasteiger partial charge in [0.15, 0.2) is 11.9 Å². The van der Waals surface area contributed by atoms with E-state index >= 15 is 0 Å². The Kier molecular flexibility index (Phi) is 3.86. The fourth-order valence-corrected chi connectivity index (χ4v) is 3.93. The van der Waals surface area contributed by atoms with Crippen LogP contribution in [0.4, 0.5) is 0 Å². The molecule has 0 N–H and O–H groups in total. The van der Waals surface area contributed by atoms with Gasteiger partial charge >= 0.3 is 5.97 Å². The lowest BCUT2D eigenvalue weighted by Gasteiger charge is -2.48. The summed E-state index contributed by atoms with van der Waals surface area (Å²) >= 11 is 0. The molecule has 122 valence electrons. The Hall–Kier alpha value is -1.97. The fraction of sp³-hybridized carbons (Fsp3) is 0.526. The fourth-order valence-electron chi connectivity index (χ4n) is 3.93. The van der Waals surface area contributed by atoms with Crippen molar-refractivity contribution in [1.29, 1.82) is 0 Å². The number of hydrogen-bond donors (Lipinski definition) is 0. The van der Waals surface area contributed by atoms with Crippen molar-refractivity contribution >= 4 is 17.5 Å². The number of ether oxygens (including phenoxy) is 1.